The van der Waals surface area contributed by atoms with Gasteiger partial charge in [0.25, 0.3) is 0 Å². The predicted molar refractivity (Wildman–Crippen MR) is 83.1 cm³/mol. The fourth-order valence-corrected chi connectivity index (χ4v) is 2.84. The molecule has 1 aliphatic rings. The van der Waals surface area contributed by atoms with Gasteiger partial charge in [-0.2, -0.15) is 13.2 Å². The molecule has 1 aromatic rings. The van der Waals surface area contributed by atoms with Crippen molar-refractivity contribution in [3.05, 3.63) is 28.5 Å². The van der Waals surface area contributed by atoms with Gasteiger partial charge >= 0.3 is 6.18 Å². The summed E-state index contributed by atoms with van der Waals surface area (Å²) >= 11 is 5.88. The van der Waals surface area contributed by atoms with E-state index in [9.17, 15) is 17.6 Å². The van der Waals surface area contributed by atoms with E-state index < -0.39 is 18.0 Å². The van der Waals surface area contributed by atoms with Crippen LogP contribution in [-0.2, 0) is 0 Å². The van der Waals surface area contributed by atoms with Crippen molar-refractivity contribution in [3.63, 3.8) is 0 Å². The van der Waals surface area contributed by atoms with Crippen molar-refractivity contribution in [3.8, 4) is 5.75 Å². The van der Waals surface area contributed by atoms with Crippen LogP contribution >= 0.6 is 24.0 Å². The summed E-state index contributed by atoms with van der Waals surface area (Å²) in [5, 5.41) is 2.84. The van der Waals surface area contributed by atoms with Crippen molar-refractivity contribution in [2.75, 3.05) is 32.8 Å². The number of rotatable bonds is 4. The minimum atomic E-state index is -4.51. The van der Waals surface area contributed by atoms with Crippen LogP contribution in [0, 0.1) is 5.82 Å². The molecule has 1 fully saturated rings. The fourth-order valence-electron chi connectivity index (χ4n) is 2.57. The van der Waals surface area contributed by atoms with Crippen molar-refractivity contribution < 1.29 is 22.3 Å². The second-order valence-corrected chi connectivity index (χ2v) is 5.38. The zero-order valence-corrected chi connectivity index (χ0v) is 14.0. The van der Waals surface area contributed by atoms with E-state index in [0.717, 1.165) is 12.1 Å². The Morgan fingerprint density at radius 2 is 1.91 bits per heavy atom. The molecule has 1 aliphatic heterocycles. The maximum absolute atomic E-state index is 14.0. The summed E-state index contributed by atoms with van der Waals surface area (Å²) in [4.78, 5) is 1.28. The predicted octanol–water partition coefficient (Wildman–Crippen LogP) is 3.81. The van der Waals surface area contributed by atoms with Gasteiger partial charge in [-0.3, -0.25) is 4.90 Å². The van der Waals surface area contributed by atoms with Crippen LogP contribution in [0.2, 0.25) is 5.02 Å². The Labute approximate surface area is 143 Å². The highest BCUT2D eigenvalue weighted by atomic mass is 35.5. The largest absolute Gasteiger partial charge is 0.489 e. The molecule has 132 valence electrons. The molecule has 1 saturated heterocycles. The van der Waals surface area contributed by atoms with Crippen molar-refractivity contribution in [1.82, 2.24) is 10.2 Å². The molecular formula is C14H18Cl2F4N2O. The Kier molecular flexibility index (Phi) is 7.38. The van der Waals surface area contributed by atoms with Gasteiger partial charge in [0.05, 0.1) is 11.6 Å². The monoisotopic (exact) mass is 376 g/mol. The molecule has 2 rings (SSSR count). The van der Waals surface area contributed by atoms with Crippen LogP contribution in [0.3, 0.4) is 0 Å². The maximum atomic E-state index is 14.0. The third-order valence-electron chi connectivity index (χ3n) is 3.45. The van der Waals surface area contributed by atoms with E-state index >= 15 is 0 Å². The first kappa shape index (κ1) is 20.3. The Hall–Kier alpha value is -0.760. The summed E-state index contributed by atoms with van der Waals surface area (Å²) in [5.74, 6) is -1.09. The zero-order chi connectivity index (χ0) is 16.3. The summed E-state index contributed by atoms with van der Waals surface area (Å²) < 4.78 is 59.4. The summed E-state index contributed by atoms with van der Waals surface area (Å²) in [7, 11) is 0. The highest BCUT2D eigenvalue weighted by Gasteiger charge is 2.45. The lowest BCUT2D eigenvalue weighted by atomic mass is 10.0. The molecular weight excluding hydrogens is 359 g/mol. The van der Waals surface area contributed by atoms with Crippen LogP contribution in [0.5, 0.6) is 5.75 Å². The van der Waals surface area contributed by atoms with Crippen LogP contribution in [-0.4, -0.2) is 43.9 Å². The number of halogens is 6. The van der Waals surface area contributed by atoms with Gasteiger partial charge in [0.15, 0.2) is 11.6 Å². The molecule has 23 heavy (non-hydrogen) atoms. The first-order valence-corrected chi connectivity index (χ1v) is 7.35. The lowest BCUT2D eigenvalue weighted by Gasteiger charge is -2.36. The van der Waals surface area contributed by atoms with Crippen LogP contribution < -0.4 is 10.1 Å². The van der Waals surface area contributed by atoms with Gasteiger partial charge in [-0.05, 0) is 24.6 Å². The fraction of sp³-hybridized carbons (Fsp3) is 0.571. The minimum absolute atomic E-state index is 0. The first-order chi connectivity index (χ1) is 10.3. The number of piperazine rings is 1. The second-order valence-electron chi connectivity index (χ2n) is 4.98. The third kappa shape index (κ3) is 4.86. The van der Waals surface area contributed by atoms with Crippen molar-refractivity contribution in [1.29, 1.82) is 0 Å². The van der Waals surface area contributed by atoms with Crippen molar-refractivity contribution in [2.45, 2.75) is 19.1 Å². The van der Waals surface area contributed by atoms with Gasteiger partial charge in [-0.25, -0.2) is 4.39 Å². The quantitative estimate of drug-likeness (QED) is 0.808. The molecule has 1 aromatic carbocycles. The van der Waals surface area contributed by atoms with Crippen LogP contribution in [0.1, 0.15) is 18.5 Å². The Balaban J connectivity index is 0.00000264. The summed E-state index contributed by atoms with van der Waals surface area (Å²) in [6, 6.07) is 0.115. The average molecular weight is 377 g/mol. The summed E-state index contributed by atoms with van der Waals surface area (Å²) in [6.07, 6.45) is -4.51. The van der Waals surface area contributed by atoms with Gasteiger partial charge in [0.2, 0.25) is 0 Å². The average Bonchev–Trinajstić information content (AvgIpc) is 2.43. The zero-order valence-electron chi connectivity index (χ0n) is 12.4. The SMILES string of the molecule is CCOc1c(F)cc([C@H](N2CCNCC2)C(F)(F)F)cc1Cl.Cl. The molecule has 0 aliphatic carbocycles. The minimum Gasteiger partial charge on any atom is -0.489 e. The molecule has 0 radical (unpaired) electrons. The molecule has 1 N–H and O–H groups in total. The highest BCUT2D eigenvalue weighted by molar-refractivity contribution is 6.32. The van der Waals surface area contributed by atoms with Gasteiger partial charge in [-0.15, -0.1) is 12.4 Å². The van der Waals surface area contributed by atoms with E-state index in [1.54, 1.807) is 6.92 Å². The lowest BCUT2D eigenvalue weighted by Crippen LogP contribution is -2.49. The number of nitrogens with one attached hydrogen (secondary N) is 1. The topological polar surface area (TPSA) is 24.5 Å². The third-order valence-corrected chi connectivity index (χ3v) is 3.73. The highest BCUT2D eigenvalue weighted by Crippen LogP contribution is 2.41. The Morgan fingerprint density at radius 3 is 2.39 bits per heavy atom. The van der Waals surface area contributed by atoms with E-state index in [2.05, 4.69) is 5.32 Å². The summed E-state index contributed by atoms with van der Waals surface area (Å²) in [6.45, 7) is 3.20. The normalized spacial score (nSPS) is 17.5. The van der Waals surface area contributed by atoms with Crippen molar-refractivity contribution in [2.24, 2.45) is 0 Å². The van der Waals surface area contributed by atoms with E-state index in [-0.39, 0.29) is 48.4 Å². The van der Waals surface area contributed by atoms with Crippen LogP contribution in [0.25, 0.3) is 0 Å². The maximum Gasteiger partial charge on any atom is 0.408 e. The Bertz CT molecular complexity index is 499. The molecule has 1 atom stereocenters. The summed E-state index contributed by atoms with van der Waals surface area (Å²) in [5.41, 5.74) is -0.208. The van der Waals surface area contributed by atoms with Gasteiger partial charge < -0.3 is 10.1 Å². The lowest BCUT2D eigenvalue weighted by molar-refractivity contribution is -0.187. The molecule has 0 bridgehead atoms. The van der Waals surface area contributed by atoms with E-state index in [4.69, 9.17) is 16.3 Å². The van der Waals surface area contributed by atoms with Crippen LogP contribution in [0.15, 0.2) is 12.1 Å². The smallest absolute Gasteiger partial charge is 0.408 e. The number of alkyl halides is 3. The standard InChI is InChI=1S/C14H17ClF4N2O.ClH/c1-2-22-12-10(15)7-9(8-11(12)16)13(14(17,18)19)21-5-3-20-4-6-21;/h7-8,13,20H,2-6H2,1H3;1H/t13-;/m0./s1. The van der Waals surface area contributed by atoms with Gasteiger partial charge in [0.1, 0.15) is 6.04 Å². The first-order valence-electron chi connectivity index (χ1n) is 6.97. The molecule has 3 nitrogen and oxygen atoms in total. The van der Waals surface area contributed by atoms with Crippen LogP contribution in [0.4, 0.5) is 17.6 Å². The number of hydrogen-bond acceptors (Lipinski definition) is 3. The number of benzene rings is 1. The van der Waals surface area contributed by atoms with E-state index in [1.165, 1.54) is 4.90 Å². The number of ether oxygens (including phenoxy) is 1. The van der Waals surface area contributed by atoms with E-state index in [1.807, 2.05) is 0 Å². The molecule has 0 spiro atoms. The molecule has 9 heteroatoms. The molecule has 0 unspecified atom stereocenters. The molecule has 0 saturated carbocycles. The second kappa shape index (κ2) is 8.37. The van der Waals surface area contributed by atoms with Crippen molar-refractivity contribution >= 4 is 24.0 Å². The van der Waals surface area contributed by atoms with Gasteiger partial charge in [0, 0.05) is 26.2 Å². The Morgan fingerprint density at radius 1 is 1.30 bits per heavy atom. The molecule has 0 aromatic heterocycles. The molecule has 1 heterocycles. The molecule has 0 amide bonds. The van der Waals surface area contributed by atoms with Gasteiger partial charge in [-0.1, -0.05) is 11.6 Å². The number of nitrogens with zero attached hydrogens (tertiary/aromatic N) is 1. The number of hydrogen-bond donors (Lipinski definition) is 1. The van der Waals surface area contributed by atoms with E-state index in [0.29, 0.717) is 13.1 Å².